The van der Waals surface area contributed by atoms with Crippen LogP contribution in [0.15, 0.2) is 23.3 Å². The van der Waals surface area contributed by atoms with Gasteiger partial charge in [0, 0.05) is 37.2 Å². The van der Waals surface area contributed by atoms with Gasteiger partial charge in [-0.2, -0.15) is 0 Å². The number of aromatic nitrogens is 2. The number of nitrogens with one attached hydrogen (secondary N) is 2. The molecule has 0 radical (unpaired) electrons. The van der Waals surface area contributed by atoms with Crippen LogP contribution < -0.4 is 15.4 Å². The first-order valence-electron chi connectivity index (χ1n) is 7.70. The molecule has 2 aromatic heterocycles. The molecule has 2 heterocycles. The summed E-state index contributed by atoms with van der Waals surface area (Å²) in [5.74, 6) is 1.30. The summed E-state index contributed by atoms with van der Waals surface area (Å²) in [5.41, 5.74) is 1.12. The van der Waals surface area contributed by atoms with Crippen molar-refractivity contribution < 1.29 is 4.74 Å². The number of guanidine groups is 1. The Bertz CT molecular complexity index is 658. The number of rotatable bonds is 7. The number of ether oxygens (including phenoxy) is 1. The topological polar surface area (TPSA) is 71.4 Å². The zero-order valence-electron chi connectivity index (χ0n) is 14.5. The molecule has 0 saturated carbocycles. The lowest BCUT2D eigenvalue weighted by atomic mass is 10.4. The summed E-state index contributed by atoms with van der Waals surface area (Å²) in [6.45, 7) is 6.03. The summed E-state index contributed by atoms with van der Waals surface area (Å²) in [6.07, 6.45) is 2.44. The van der Waals surface area contributed by atoms with Crippen molar-refractivity contribution in [2.45, 2.75) is 20.3 Å². The highest BCUT2D eigenvalue weighted by molar-refractivity contribution is 14.0. The van der Waals surface area contributed by atoms with Crippen LogP contribution in [0, 0.1) is 13.8 Å². The lowest BCUT2D eigenvalue weighted by molar-refractivity contribution is 0.309. The Labute approximate surface area is 174 Å². The Hall–Kier alpha value is -1.13. The molecule has 0 aliphatic heterocycles. The first-order chi connectivity index (χ1) is 11.6. The fraction of sp³-hybridized carbons (Fsp3) is 0.438. The van der Waals surface area contributed by atoms with Crippen molar-refractivity contribution in [2.75, 3.05) is 26.7 Å². The van der Waals surface area contributed by atoms with Crippen LogP contribution in [0.3, 0.4) is 0 Å². The molecule has 0 fully saturated rings. The normalized spacial score (nSPS) is 11.0. The second kappa shape index (κ2) is 11.5. The summed E-state index contributed by atoms with van der Waals surface area (Å²) in [4.78, 5) is 14.1. The number of aliphatic imine (C=N–C) groups is 1. The largest absolute Gasteiger partial charge is 0.476 e. The van der Waals surface area contributed by atoms with Crippen molar-refractivity contribution in [3.63, 3.8) is 0 Å². The predicted molar refractivity (Wildman–Crippen MR) is 115 cm³/mol. The molecule has 6 nitrogen and oxygen atoms in total. The van der Waals surface area contributed by atoms with Gasteiger partial charge in [0.05, 0.1) is 22.3 Å². The van der Waals surface area contributed by atoms with Gasteiger partial charge >= 0.3 is 0 Å². The monoisotopic (exact) mass is 495 g/mol. The first-order valence-corrected chi connectivity index (χ1v) is 8.89. The standard InChI is InChI=1S/C16H22ClN5OS.HI/c1-11-12(2)24-15(22-11)6-7-19-16(18-3)20-8-9-23-14-5-4-13(17)10-21-14;/h4-5,10H,6-9H2,1-3H3,(H2,18,19,20);1H. The molecule has 2 N–H and O–H groups in total. The summed E-state index contributed by atoms with van der Waals surface area (Å²) in [6, 6.07) is 3.49. The molecule has 138 valence electrons. The van der Waals surface area contributed by atoms with Gasteiger partial charge in [-0.25, -0.2) is 9.97 Å². The highest BCUT2D eigenvalue weighted by atomic mass is 127. The quantitative estimate of drug-likeness (QED) is 0.267. The molecule has 0 atom stereocenters. The lowest BCUT2D eigenvalue weighted by Gasteiger charge is -2.11. The Balaban J connectivity index is 0.00000312. The number of halogens is 2. The molecule has 0 spiro atoms. The molecule has 2 aromatic rings. The Morgan fingerprint density at radius 2 is 2.04 bits per heavy atom. The number of aryl methyl sites for hydroxylation is 2. The van der Waals surface area contributed by atoms with E-state index >= 15 is 0 Å². The van der Waals surface area contributed by atoms with Gasteiger partial charge in [0.2, 0.25) is 5.88 Å². The number of hydrogen-bond donors (Lipinski definition) is 2. The second-order valence-electron chi connectivity index (χ2n) is 5.09. The molecule has 2 rings (SSSR count). The maximum Gasteiger partial charge on any atom is 0.213 e. The van der Waals surface area contributed by atoms with Gasteiger partial charge in [0.1, 0.15) is 6.61 Å². The van der Waals surface area contributed by atoms with Crippen LogP contribution in [0.4, 0.5) is 0 Å². The molecule has 0 amide bonds. The number of thiazole rings is 1. The molecule has 0 aliphatic carbocycles. The molecular weight excluding hydrogens is 473 g/mol. The summed E-state index contributed by atoms with van der Waals surface area (Å²) in [7, 11) is 1.74. The van der Waals surface area contributed by atoms with E-state index in [0.29, 0.717) is 24.1 Å². The van der Waals surface area contributed by atoms with Crippen LogP contribution in [0.2, 0.25) is 5.02 Å². The molecule has 0 saturated heterocycles. The predicted octanol–water partition coefficient (Wildman–Crippen LogP) is 3.21. The average molecular weight is 496 g/mol. The number of pyridine rings is 1. The fourth-order valence-electron chi connectivity index (χ4n) is 1.93. The third-order valence-corrected chi connectivity index (χ3v) is 4.63. The van der Waals surface area contributed by atoms with E-state index in [9.17, 15) is 0 Å². The van der Waals surface area contributed by atoms with Crippen molar-refractivity contribution in [2.24, 2.45) is 4.99 Å². The van der Waals surface area contributed by atoms with Crippen molar-refractivity contribution in [1.82, 2.24) is 20.6 Å². The minimum Gasteiger partial charge on any atom is -0.476 e. The van der Waals surface area contributed by atoms with E-state index < -0.39 is 0 Å². The summed E-state index contributed by atoms with van der Waals surface area (Å²) < 4.78 is 5.52. The smallest absolute Gasteiger partial charge is 0.213 e. The highest BCUT2D eigenvalue weighted by Crippen LogP contribution is 2.16. The van der Waals surface area contributed by atoms with Gasteiger partial charge in [0.25, 0.3) is 0 Å². The number of hydrogen-bond acceptors (Lipinski definition) is 5. The molecule has 25 heavy (non-hydrogen) atoms. The van der Waals surface area contributed by atoms with E-state index in [2.05, 4.69) is 32.5 Å². The Morgan fingerprint density at radius 1 is 1.28 bits per heavy atom. The first kappa shape index (κ1) is 21.9. The molecule has 0 aromatic carbocycles. The summed E-state index contributed by atoms with van der Waals surface area (Å²) in [5, 5.41) is 8.20. The minimum atomic E-state index is 0. The van der Waals surface area contributed by atoms with Crippen LogP contribution >= 0.6 is 46.9 Å². The second-order valence-corrected chi connectivity index (χ2v) is 6.81. The van der Waals surface area contributed by atoms with Gasteiger partial charge in [-0.05, 0) is 19.9 Å². The Kier molecular flexibility index (Phi) is 10.1. The van der Waals surface area contributed by atoms with Gasteiger partial charge in [-0.3, -0.25) is 4.99 Å². The van der Waals surface area contributed by atoms with E-state index in [4.69, 9.17) is 16.3 Å². The van der Waals surface area contributed by atoms with Crippen molar-refractivity contribution in [3.8, 4) is 5.88 Å². The van der Waals surface area contributed by atoms with Crippen LogP contribution in [-0.2, 0) is 6.42 Å². The van der Waals surface area contributed by atoms with E-state index in [0.717, 1.165) is 29.6 Å². The minimum absolute atomic E-state index is 0. The fourth-order valence-corrected chi connectivity index (χ4v) is 2.97. The van der Waals surface area contributed by atoms with E-state index in [1.165, 1.54) is 4.88 Å². The van der Waals surface area contributed by atoms with E-state index in [-0.39, 0.29) is 24.0 Å². The number of nitrogens with zero attached hydrogens (tertiary/aromatic N) is 3. The Morgan fingerprint density at radius 3 is 2.64 bits per heavy atom. The van der Waals surface area contributed by atoms with E-state index in [1.54, 1.807) is 36.7 Å². The van der Waals surface area contributed by atoms with Gasteiger partial charge in [0.15, 0.2) is 5.96 Å². The molecule has 0 bridgehead atoms. The zero-order valence-corrected chi connectivity index (χ0v) is 18.4. The molecule has 9 heteroatoms. The maximum absolute atomic E-state index is 5.78. The van der Waals surface area contributed by atoms with Gasteiger partial charge in [-0.15, -0.1) is 35.3 Å². The zero-order chi connectivity index (χ0) is 17.4. The molecule has 0 aliphatic rings. The van der Waals surface area contributed by atoms with Crippen molar-refractivity contribution >= 4 is 52.9 Å². The third-order valence-electron chi connectivity index (χ3n) is 3.27. The van der Waals surface area contributed by atoms with Crippen LogP contribution in [-0.4, -0.2) is 42.7 Å². The van der Waals surface area contributed by atoms with Gasteiger partial charge in [-0.1, -0.05) is 11.6 Å². The van der Waals surface area contributed by atoms with Crippen LogP contribution in [0.5, 0.6) is 5.88 Å². The van der Waals surface area contributed by atoms with Crippen LogP contribution in [0.1, 0.15) is 15.6 Å². The average Bonchev–Trinajstić information content (AvgIpc) is 2.89. The molecule has 0 unspecified atom stereocenters. The summed E-state index contributed by atoms with van der Waals surface area (Å²) >= 11 is 7.52. The third kappa shape index (κ3) is 7.74. The van der Waals surface area contributed by atoms with Crippen molar-refractivity contribution in [3.05, 3.63) is 38.9 Å². The SMILES string of the molecule is CN=C(NCCOc1ccc(Cl)cn1)NCCc1nc(C)c(C)s1.I. The maximum atomic E-state index is 5.78. The van der Waals surface area contributed by atoms with E-state index in [1.807, 2.05) is 6.92 Å². The molecular formula is C16H23ClIN5OS. The lowest BCUT2D eigenvalue weighted by Crippen LogP contribution is -2.40. The van der Waals surface area contributed by atoms with Crippen molar-refractivity contribution in [1.29, 1.82) is 0 Å². The van der Waals surface area contributed by atoms with Crippen LogP contribution in [0.25, 0.3) is 0 Å². The highest BCUT2D eigenvalue weighted by Gasteiger charge is 2.04. The van der Waals surface area contributed by atoms with Gasteiger partial charge < -0.3 is 15.4 Å².